The van der Waals surface area contributed by atoms with Gasteiger partial charge in [-0.2, -0.15) is 0 Å². The molecule has 2 aromatic rings. The van der Waals surface area contributed by atoms with Gasteiger partial charge < -0.3 is 15.0 Å². The molecule has 0 saturated carbocycles. The molecule has 1 unspecified atom stereocenters. The molecule has 1 fully saturated rings. The third-order valence-electron chi connectivity index (χ3n) is 4.47. The Morgan fingerprint density at radius 3 is 2.58 bits per heavy atom. The molecule has 1 aliphatic heterocycles. The molecule has 1 heterocycles. The van der Waals surface area contributed by atoms with Crippen LogP contribution in [-0.4, -0.2) is 31.5 Å². The van der Waals surface area contributed by atoms with Gasteiger partial charge in [-0.15, -0.1) is 0 Å². The van der Waals surface area contributed by atoms with Crippen molar-refractivity contribution < 1.29 is 14.3 Å². The average Bonchev–Trinajstić information content (AvgIpc) is 3.02. The molecule has 26 heavy (non-hydrogen) atoms. The van der Waals surface area contributed by atoms with E-state index in [1.165, 1.54) is 6.08 Å². The van der Waals surface area contributed by atoms with Gasteiger partial charge in [0.05, 0.1) is 7.11 Å². The monoisotopic (exact) mass is 350 g/mol. The Morgan fingerprint density at radius 2 is 1.85 bits per heavy atom. The number of benzene rings is 2. The van der Waals surface area contributed by atoms with Crippen LogP contribution >= 0.6 is 0 Å². The number of hydrogen-bond acceptors (Lipinski definition) is 3. The molecule has 3 rings (SSSR count). The van der Waals surface area contributed by atoms with Crippen molar-refractivity contribution in [3.05, 3.63) is 66.2 Å². The highest BCUT2D eigenvalue weighted by molar-refractivity contribution is 6.03. The number of rotatable bonds is 5. The van der Waals surface area contributed by atoms with Crippen LogP contribution in [0.4, 0.5) is 5.69 Å². The Morgan fingerprint density at radius 1 is 1.15 bits per heavy atom. The standard InChI is InChI=1S/C21H22N2O3/c1-15(17-10-6-7-11-19(17)26-2)14-20(24)22-18-12-13-23(21(18)25)16-8-4-3-5-9-16/h3-11,14,18H,12-13H2,1-2H3,(H,22,24)/b15-14+. The molecule has 1 N–H and O–H groups in total. The van der Waals surface area contributed by atoms with Crippen molar-refractivity contribution >= 4 is 23.1 Å². The summed E-state index contributed by atoms with van der Waals surface area (Å²) in [6, 6.07) is 16.5. The van der Waals surface area contributed by atoms with Gasteiger partial charge in [-0.25, -0.2) is 0 Å². The van der Waals surface area contributed by atoms with Crippen LogP contribution < -0.4 is 15.0 Å². The van der Waals surface area contributed by atoms with Crippen LogP contribution in [0.1, 0.15) is 18.9 Å². The highest BCUT2D eigenvalue weighted by Crippen LogP contribution is 2.25. The van der Waals surface area contributed by atoms with Gasteiger partial charge in [0.2, 0.25) is 11.8 Å². The highest BCUT2D eigenvalue weighted by Gasteiger charge is 2.33. The van der Waals surface area contributed by atoms with E-state index in [9.17, 15) is 9.59 Å². The molecular formula is C21H22N2O3. The summed E-state index contributed by atoms with van der Waals surface area (Å²) in [4.78, 5) is 26.7. The number of para-hydroxylation sites is 2. The number of anilines is 1. The molecule has 134 valence electrons. The first-order valence-electron chi connectivity index (χ1n) is 8.59. The minimum atomic E-state index is -0.496. The molecule has 1 atom stereocenters. The second-order valence-electron chi connectivity index (χ2n) is 6.20. The van der Waals surface area contributed by atoms with Crippen LogP contribution in [0.25, 0.3) is 5.57 Å². The topological polar surface area (TPSA) is 58.6 Å². The lowest BCUT2D eigenvalue weighted by Crippen LogP contribution is -2.41. The quantitative estimate of drug-likeness (QED) is 0.844. The fourth-order valence-electron chi connectivity index (χ4n) is 3.14. The third-order valence-corrected chi connectivity index (χ3v) is 4.47. The largest absolute Gasteiger partial charge is 0.496 e. The Balaban J connectivity index is 1.68. The Bertz CT molecular complexity index is 830. The summed E-state index contributed by atoms with van der Waals surface area (Å²) in [5.74, 6) is 0.357. The van der Waals surface area contributed by atoms with E-state index in [4.69, 9.17) is 4.74 Å². The zero-order valence-electron chi connectivity index (χ0n) is 14.9. The fraction of sp³-hybridized carbons (Fsp3) is 0.238. The normalized spacial score (nSPS) is 17.3. The van der Waals surface area contributed by atoms with E-state index in [1.807, 2.05) is 61.5 Å². The summed E-state index contributed by atoms with van der Waals surface area (Å²) in [7, 11) is 1.60. The second-order valence-corrected chi connectivity index (χ2v) is 6.20. The zero-order chi connectivity index (χ0) is 18.5. The molecule has 5 nitrogen and oxygen atoms in total. The van der Waals surface area contributed by atoms with Gasteiger partial charge in [-0.05, 0) is 37.1 Å². The van der Waals surface area contributed by atoms with Crippen molar-refractivity contribution in [2.75, 3.05) is 18.6 Å². The molecule has 0 aromatic heterocycles. The number of carbonyl (C=O) groups is 2. The van der Waals surface area contributed by atoms with Crippen LogP contribution in [0.3, 0.4) is 0 Å². The Hall–Kier alpha value is -3.08. The van der Waals surface area contributed by atoms with Crippen molar-refractivity contribution in [1.29, 1.82) is 0 Å². The smallest absolute Gasteiger partial charge is 0.249 e. The van der Waals surface area contributed by atoms with Crippen LogP contribution in [0, 0.1) is 0 Å². The first-order chi connectivity index (χ1) is 12.6. The number of methoxy groups -OCH3 is 1. The Kier molecular flexibility index (Phi) is 5.37. The summed E-state index contributed by atoms with van der Waals surface area (Å²) >= 11 is 0. The van der Waals surface area contributed by atoms with Crippen molar-refractivity contribution in [1.82, 2.24) is 5.32 Å². The molecular weight excluding hydrogens is 328 g/mol. The molecule has 0 spiro atoms. The number of amides is 2. The van der Waals surface area contributed by atoms with Gasteiger partial charge >= 0.3 is 0 Å². The first-order valence-corrected chi connectivity index (χ1v) is 8.59. The average molecular weight is 350 g/mol. The van der Waals surface area contributed by atoms with E-state index in [0.717, 1.165) is 16.8 Å². The van der Waals surface area contributed by atoms with E-state index in [2.05, 4.69) is 5.32 Å². The molecule has 0 bridgehead atoms. The number of carbonyl (C=O) groups excluding carboxylic acids is 2. The third kappa shape index (κ3) is 3.77. The van der Waals surface area contributed by atoms with Gasteiger partial charge in [0.25, 0.3) is 0 Å². The van der Waals surface area contributed by atoms with Gasteiger partial charge in [0, 0.05) is 23.9 Å². The Labute approximate surface area is 153 Å². The lowest BCUT2D eigenvalue weighted by molar-refractivity contribution is -0.123. The minimum absolute atomic E-state index is 0.0760. The van der Waals surface area contributed by atoms with Crippen LogP contribution in [0.2, 0.25) is 0 Å². The molecule has 2 aromatic carbocycles. The number of nitrogens with one attached hydrogen (secondary N) is 1. The van der Waals surface area contributed by atoms with Crippen LogP contribution in [0.5, 0.6) is 5.75 Å². The second kappa shape index (κ2) is 7.87. The highest BCUT2D eigenvalue weighted by atomic mass is 16.5. The minimum Gasteiger partial charge on any atom is -0.496 e. The van der Waals surface area contributed by atoms with Gasteiger partial charge in [0.1, 0.15) is 11.8 Å². The maximum atomic E-state index is 12.6. The molecule has 1 saturated heterocycles. The van der Waals surface area contributed by atoms with Gasteiger partial charge in [-0.1, -0.05) is 36.4 Å². The number of ether oxygens (including phenoxy) is 1. The molecule has 0 aliphatic carbocycles. The maximum absolute atomic E-state index is 12.6. The lowest BCUT2D eigenvalue weighted by atomic mass is 10.1. The van der Waals surface area contributed by atoms with E-state index in [0.29, 0.717) is 18.7 Å². The molecule has 0 radical (unpaired) electrons. The summed E-state index contributed by atoms with van der Waals surface area (Å²) in [5.41, 5.74) is 2.49. The van der Waals surface area contributed by atoms with Crippen molar-refractivity contribution in [3.8, 4) is 5.75 Å². The van der Waals surface area contributed by atoms with E-state index >= 15 is 0 Å². The summed E-state index contributed by atoms with van der Waals surface area (Å²) in [5, 5.41) is 2.82. The van der Waals surface area contributed by atoms with Crippen molar-refractivity contribution in [3.63, 3.8) is 0 Å². The van der Waals surface area contributed by atoms with E-state index < -0.39 is 6.04 Å². The zero-order valence-corrected chi connectivity index (χ0v) is 14.9. The molecule has 2 amide bonds. The maximum Gasteiger partial charge on any atom is 0.249 e. The molecule has 1 aliphatic rings. The van der Waals surface area contributed by atoms with Crippen molar-refractivity contribution in [2.45, 2.75) is 19.4 Å². The number of hydrogen-bond donors (Lipinski definition) is 1. The predicted octanol–water partition coefficient (Wildman–Crippen LogP) is 3.02. The first kappa shape index (κ1) is 17.7. The summed E-state index contributed by atoms with van der Waals surface area (Å²) < 4.78 is 5.33. The lowest BCUT2D eigenvalue weighted by Gasteiger charge is -2.17. The fourth-order valence-corrected chi connectivity index (χ4v) is 3.14. The van der Waals surface area contributed by atoms with Gasteiger partial charge in [-0.3, -0.25) is 9.59 Å². The van der Waals surface area contributed by atoms with Crippen molar-refractivity contribution in [2.24, 2.45) is 0 Å². The SMILES string of the molecule is COc1ccccc1/C(C)=C/C(=O)NC1CCN(c2ccccc2)C1=O. The number of allylic oxidation sites excluding steroid dienone is 1. The van der Waals surface area contributed by atoms with E-state index in [-0.39, 0.29) is 11.8 Å². The van der Waals surface area contributed by atoms with Gasteiger partial charge in [0.15, 0.2) is 0 Å². The van der Waals surface area contributed by atoms with Crippen LogP contribution in [0.15, 0.2) is 60.7 Å². The molecule has 5 heteroatoms. The predicted molar refractivity (Wildman–Crippen MR) is 102 cm³/mol. The van der Waals surface area contributed by atoms with Crippen LogP contribution in [-0.2, 0) is 9.59 Å². The summed E-state index contributed by atoms with van der Waals surface area (Å²) in [6.07, 6.45) is 2.11. The van der Waals surface area contributed by atoms with E-state index in [1.54, 1.807) is 12.0 Å². The number of nitrogens with zero attached hydrogens (tertiary/aromatic N) is 1. The summed E-state index contributed by atoms with van der Waals surface area (Å²) in [6.45, 7) is 2.45.